The molecule has 3 N–H and O–H groups in total. The number of rotatable bonds is 46. The Morgan fingerprint density at radius 1 is 0.448 bits per heavy atom. The van der Waals surface area contributed by atoms with Gasteiger partial charge < -0.3 is 74.9 Å². The number of piperazine rings is 1. The molecule has 5 amide bonds. The smallest absolute Gasteiger partial charge is 0.456 e. The van der Waals surface area contributed by atoms with Gasteiger partial charge in [0.05, 0.1) is 56.8 Å². The van der Waals surface area contributed by atoms with Gasteiger partial charge in [0.2, 0.25) is 5.36 Å². The average molecular weight is 2110 g/mol. The fourth-order valence-electron chi connectivity index (χ4n) is 18.1. The predicted octanol–water partition coefficient (Wildman–Crippen LogP) is 20.9. The second-order valence-corrected chi connectivity index (χ2v) is 42.3. The van der Waals surface area contributed by atoms with Crippen LogP contribution in [0.2, 0.25) is 18.1 Å². The van der Waals surface area contributed by atoms with Gasteiger partial charge in [0.1, 0.15) is 30.5 Å². The number of pyridine rings is 6. The van der Waals surface area contributed by atoms with Crippen molar-refractivity contribution < 1.29 is 78.1 Å². The summed E-state index contributed by atoms with van der Waals surface area (Å²) in [4.78, 5) is 75.8. The molecule has 0 saturated carbocycles. The summed E-state index contributed by atoms with van der Waals surface area (Å²) in [5, 5.41) is 25.8. The number of nitrogens with zero attached hydrogens (tertiary/aromatic N) is 12. The molecular weight excluding hydrogens is 1960 g/mol. The van der Waals surface area contributed by atoms with Gasteiger partial charge in [0, 0.05) is 244 Å². The van der Waals surface area contributed by atoms with Crippen molar-refractivity contribution in [2.75, 3.05) is 136 Å². The number of nitriles is 1. The topological polar surface area (TPSA) is 310 Å². The number of urea groups is 2. The first kappa shape index (κ1) is 115. The van der Waals surface area contributed by atoms with E-state index >= 15 is 0 Å². The molecule has 10 aromatic rings. The molecule has 2 aliphatic carbocycles. The molecule has 145 heavy (non-hydrogen) atoms. The van der Waals surface area contributed by atoms with Crippen LogP contribution in [0, 0.1) is 18.3 Å². The number of aryl methyl sites for hydroxylation is 3. The first-order valence-corrected chi connectivity index (χ1v) is 57.1. The number of aromatic nitrogens is 7. The molecule has 0 unspecified atom stereocenters. The average Bonchev–Trinajstić information content (AvgIpc) is 1.53. The van der Waals surface area contributed by atoms with Crippen LogP contribution in [-0.2, 0) is 72.2 Å². The van der Waals surface area contributed by atoms with Crippen LogP contribution in [0.1, 0.15) is 161 Å². The molecule has 28 nitrogen and oxygen atoms in total. The van der Waals surface area contributed by atoms with Crippen molar-refractivity contribution in [3.05, 3.63) is 264 Å². The molecule has 1 saturated heterocycles. The van der Waals surface area contributed by atoms with Gasteiger partial charge in [-0.05, 0) is 284 Å². The molecule has 0 bridgehead atoms. The number of nitrogens with one attached hydrogen (secondary N) is 3. The molecule has 5 aliphatic rings. The monoisotopic (exact) mass is 2110 g/mol. The minimum Gasteiger partial charge on any atom is -0.456 e. The predicted molar refractivity (Wildman–Crippen MR) is 582 cm³/mol. The van der Waals surface area contributed by atoms with E-state index in [9.17, 15) is 19.6 Å². The van der Waals surface area contributed by atoms with Crippen molar-refractivity contribution in [2.24, 2.45) is 0 Å². The Kier molecular flexibility index (Phi) is 47.8. The fourth-order valence-corrected chi connectivity index (χ4v) is 26.0. The maximum absolute atomic E-state index is 14.4. The van der Waals surface area contributed by atoms with Crippen molar-refractivity contribution in [1.29, 1.82) is 5.26 Å². The molecule has 0 spiro atoms. The molecule has 0 radical (unpaired) electrons. The first-order valence-electron chi connectivity index (χ1n) is 51.3. The number of carbonyl (C=O) groups excluding carboxylic acids is 3. The molecule has 15 rings (SSSR count). The van der Waals surface area contributed by atoms with Crippen LogP contribution in [-0.4, -0.2) is 221 Å². The molecule has 3 aliphatic heterocycles. The maximum atomic E-state index is 14.4. The summed E-state index contributed by atoms with van der Waals surface area (Å²) in [5.41, 5.74) is 16.9. The van der Waals surface area contributed by atoms with Gasteiger partial charge >= 0.3 is 38.5 Å². The van der Waals surface area contributed by atoms with Gasteiger partial charge in [-0.15, -0.1) is 0 Å². The van der Waals surface area contributed by atoms with Crippen LogP contribution in [0.15, 0.2) is 230 Å². The minimum atomic E-state index is -2.76. The van der Waals surface area contributed by atoms with Crippen molar-refractivity contribution in [1.82, 2.24) is 65.2 Å². The van der Waals surface area contributed by atoms with Crippen molar-refractivity contribution >= 4 is 89.2 Å². The van der Waals surface area contributed by atoms with Crippen LogP contribution in [0.5, 0.6) is 0 Å². The van der Waals surface area contributed by atoms with Crippen LogP contribution in [0.25, 0.3) is 107 Å². The Bertz CT molecular complexity index is 6160. The van der Waals surface area contributed by atoms with E-state index in [2.05, 4.69) is 180 Å². The summed E-state index contributed by atoms with van der Waals surface area (Å²) in [6.45, 7) is 44.4. The standard InChI is InChI=1S/C42H59N5O6Si.C26H30N2O3Si.C25H40N4O4Si.2C10H8N2.Ru/c1-8-44(9-2)32-20-22-36-38(30-32)53-39-31-33(45(10-3)11-4)21-23-37(39)40(36)34-18-15-16-19-35(34)41(48)46-25-27-47(28-26-46)42(49)43-24-17-29-54(50-12-5,51-13-6)52-14-7;1-5-29-32(30-6-2,31-7-3)16-9-8-11-19-14-15-21-24-20(19)12-10-13-22(24)26-25(21)23(17-27)18(4)28-26;1-5-31-34(32-6-2,33-7-3)18-10-15-29-25(30)28-14-9-8-11-22-13-17-27-24(20-22)23-19-21(4)12-16-26-23;2*1-3-7-11-9(5-1)10-6-2-4-8-12-10;/h15-16,18-23,30-31H,8-14,17,24-29H2,1-7H3;10,12-15H,4-9,11,16H2,1-3H3;12-13,16-17,19-20H,5-11,14-15,18H2,1-4H3,(H2,28,29,30);2*1-8H;/p+1. The quantitative estimate of drug-likeness (QED) is 0.0138. The van der Waals surface area contributed by atoms with Gasteiger partial charge in [-0.3, -0.25) is 34.7 Å². The van der Waals surface area contributed by atoms with E-state index in [0.29, 0.717) is 140 Å². The van der Waals surface area contributed by atoms with Gasteiger partial charge in [0.25, 0.3) is 5.91 Å². The third kappa shape index (κ3) is 32.1. The Morgan fingerprint density at radius 2 is 0.924 bits per heavy atom. The van der Waals surface area contributed by atoms with E-state index in [4.69, 9.17) is 44.3 Å². The number of benzene rings is 5. The zero-order chi connectivity index (χ0) is 102. The van der Waals surface area contributed by atoms with Crippen LogP contribution >= 0.6 is 0 Å². The molecule has 6 aromatic heterocycles. The SMILES string of the molecule is C=c1nc2c3cccc4c(CCCC[Si](OCC)(OCC)OCC)ccc(c-2c1C#N)c43.CCO[Si](CCCNC(=O)N1CCN(C(=O)c2ccccc2-c2c3ccc(=[N+](CC)CC)cc-3oc3cc(N(CC)CC)ccc23)CC1)(OCC)OCC.CCO[Si](CCCNC(=O)NCCCCc1ccnc(-c2cc(C)ccn2)c1)(OCC)OCC.[Ru].c1ccc(-c2ccccn2)nc1.c1ccc(-c2ccccn2)nc1. The van der Waals surface area contributed by atoms with Crippen LogP contribution in [0.3, 0.4) is 0 Å². The number of hydrogen-bond acceptors (Lipinski definition) is 22. The molecule has 0 atom stereocenters. The minimum absolute atomic E-state index is 0. The number of fused-ring (bicyclic) bond motifs is 5. The number of anilines is 1. The Hall–Kier alpha value is -11.9. The van der Waals surface area contributed by atoms with E-state index in [-0.39, 0.29) is 37.4 Å². The Morgan fingerprint density at radius 3 is 1.43 bits per heavy atom. The van der Waals surface area contributed by atoms with E-state index in [0.717, 1.165) is 178 Å². The van der Waals surface area contributed by atoms with Gasteiger partial charge in [-0.25, -0.2) is 19.1 Å². The normalized spacial score (nSPS) is 12.0. The van der Waals surface area contributed by atoms with E-state index in [1.165, 1.54) is 27.5 Å². The summed E-state index contributed by atoms with van der Waals surface area (Å²) >= 11 is 0. The fraction of sp³-hybridized carbons (Fsp3) is 0.398. The maximum Gasteiger partial charge on any atom is 0.500 e. The largest absolute Gasteiger partial charge is 0.500 e. The van der Waals surface area contributed by atoms with Gasteiger partial charge in [0.15, 0.2) is 0 Å². The first-order chi connectivity index (χ1) is 70.3. The summed E-state index contributed by atoms with van der Waals surface area (Å²) in [7, 11) is -8.00. The van der Waals surface area contributed by atoms with Crippen molar-refractivity contribution in [3.63, 3.8) is 0 Å². The Labute approximate surface area is 872 Å². The zero-order valence-corrected chi connectivity index (χ0v) is 91.8. The molecule has 4 aromatic carbocycles. The number of unbranched alkanes of at least 4 members (excludes halogenated alkanes) is 2. The Balaban J connectivity index is 0.000000204. The van der Waals surface area contributed by atoms with E-state index in [1.54, 1.807) is 29.7 Å². The third-order valence-electron chi connectivity index (χ3n) is 24.7. The summed E-state index contributed by atoms with van der Waals surface area (Å²) < 4.78 is 62.3. The third-order valence-corrected chi connectivity index (χ3v) is 34.2. The van der Waals surface area contributed by atoms with Crippen molar-refractivity contribution in [3.8, 4) is 73.9 Å². The van der Waals surface area contributed by atoms with Crippen molar-refractivity contribution in [2.45, 2.75) is 166 Å². The molecule has 9 heterocycles. The second kappa shape index (κ2) is 60.3. The molecule has 32 heteroatoms. The number of hydrogen-bond donors (Lipinski definition) is 3. The second-order valence-electron chi connectivity index (χ2n) is 34.1. The van der Waals surface area contributed by atoms with E-state index in [1.807, 2.05) is 195 Å². The molecule has 770 valence electrons. The number of amides is 5. The van der Waals surface area contributed by atoms with E-state index < -0.39 is 26.4 Å². The summed E-state index contributed by atoms with van der Waals surface area (Å²) in [6.07, 6.45) is 18.0. The van der Waals surface area contributed by atoms with Gasteiger partial charge in [-0.2, -0.15) is 5.26 Å². The van der Waals surface area contributed by atoms with Gasteiger partial charge in [-0.1, -0.05) is 79.4 Å². The molecule has 1 fully saturated rings. The number of carbonyl (C=O) groups is 3. The summed E-state index contributed by atoms with van der Waals surface area (Å²) in [5.74, 6) is 0.735. The van der Waals surface area contributed by atoms with Crippen LogP contribution in [0.4, 0.5) is 15.3 Å². The van der Waals surface area contributed by atoms with Crippen LogP contribution < -0.4 is 36.1 Å². The molecular formula is C113H146N15O13RuSi3+. The summed E-state index contributed by atoms with van der Waals surface area (Å²) in [6, 6.07) is 66.9. The zero-order valence-electron chi connectivity index (χ0n) is 87.0.